The van der Waals surface area contributed by atoms with Crippen LogP contribution in [0.3, 0.4) is 0 Å². The molecular formula is C14H21F3N2O4. The lowest BCUT2D eigenvalue weighted by Crippen LogP contribution is -2.54. The van der Waals surface area contributed by atoms with E-state index in [-0.39, 0.29) is 18.9 Å². The fraction of sp³-hybridized carbons (Fsp3) is 0.786. The molecule has 132 valence electrons. The van der Waals surface area contributed by atoms with Crippen molar-refractivity contribution in [1.29, 1.82) is 0 Å². The molecule has 9 heteroatoms. The summed E-state index contributed by atoms with van der Waals surface area (Å²) in [4.78, 5) is 35.9. The molecule has 0 aromatic heterocycles. The van der Waals surface area contributed by atoms with E-state index in [4.69, 9.17) is 0 Å². The quantitative estimate of drug-likeness (QED) is 0.766. The second kappa shape index (κ2) is 7.65. The molecule has 1 fully saturated rings. The minimum Gasteiger partial charge on any atom is -0.467 e. The van der Waals surface area contributed by atoms with Crippen molar-refractivity contribution in [2.45, 2.75) is 51.4 Å². The van der Waals surface area contributed by atoms with Gasteiger partial charge in [0.25, 0.3) is 0 Å². The van der Waals surface area contributed by atoms with E-state index in [0.29, 0.717) is 17.7 Å². The maximum absolute atomic E-state index is 12.6. The third-order valence-electron chi connectivity index (χ3n) is 4.02. The number of alkyl halides is 3. The molecule has 6 nitrogen and oxygen atoms in total. The Balaban J connectivity index is 2.86. The Bertz CT molecular complexity index is 467. The Kier molecular flexibility index (Phi) is 6.40. The van der Waals surface area contributed by atoms with Gasteiger partial charge in [-0.05, 0) is 18.8 Å². The first kappa shape index (κ1) is 19.2. The summed E-state index contributed by atoms with van der Waals surface area (Å²) in [7, 11) is 1.17. The van der Waals surface area contributed by atoms with E-state index in [9.17, 15) is 27.6 Å². The number of ether oxygens (including phenoxy) is 1. The van der Waals surface area contributed by atoms with E-state index < -0.39 is 36.0 Å². The van der Waals surface area contributed by atoms with Crippen LogP contribution < -0.4 is 5.32 Å². The van der Waals surface area contributed by atoms with Gasteiger partial charge in [0, 0.05) is 6.54 Å². The van der Waals surface area contributed by atoms with Gasteiger partial charge in [-0.25, -0.2) is 4.79 Å². The lowest BCUT2D eigenvalue weighted by atomic mass is 9.98. The fourth-order valence-corrected chi connectivity index (χ4v) is 2.49. The molecule has 0 unspecified atom stereocenters. The van der Waals surface area contributed by atoms with Crippen molar-refractivity contribution in [3.8, 4) is 0 Å². The summed E-state index contributed by atoms with van der Waals surface area (Å²) in [5, 5.41) is 2.42. The van der Waals surface area contributed by atoms with Gasteiger partial charge in [0.1, 0.15) is 12.1 Å². The van der Waals surface area contributed by atoms with E-state index >= 15 is 0 Å². The smallest absolute Gasteiger partial charge is 0.467 e. The average Bonchev–Trinajstić information content (AvgIpc) is 2.98. The Morgan fingerprint density at radius 1 is 1.35 bits per heavy atom. The summed E-state index contributed by atoms with van der Waals surface area (Å²) in [5.41, 5.74) is 0. The monoisotopic (exact) mass is 338 g/mol. The summed E-state index contributed by atoms with van der Waals surface area (Å²) in [6, 6.07) is -2.18. The highest BCUT2D eigenvalue weighted by Crippen LogP contribution is 2.26. The van der Waals surface area contributed by atoms with E-state index in [1.807, 2.05) is 6.92 Å². The summed E-state index contributed by atoms with van der Waals surface area (Å²) in [6.45, 7) is 3.39. The number of nitrogens with one attached hydrogen (secondary N) is 1. The number of esters is 1. The van der Waals surface area contributed by atoms with Crippen molar-refractivity contribution >= 4 is 17.8 Å². The molecule has 1 saturated heterocycles. The number of nitrogens with zero attached hydrogens (tertiary/aromatic N) is 1. The van der Waals surface area contributed by atoms with Gasteiger partial charge in [0.2, 0.25) is 5.91 Å². The van der Waals surface area contributed by atoms with Crippen LogP contribution in [-0.4, -0.2) is 54.6 Å². The molecule has 1 aliphatic rings. The Hall–Kier alpha value is -1.80. The second-order valence-electron chi connectivity index (χ2n) is 5.55. The van der Waals surface area contributed by atoms with Crippen molar-refractivity contribution in [3.63, 3.8) is 0 Å². The minimum atomic E-state index is -5.03. The molecule has 1 N–H and O–H groups in total. The molecular weight excluding hydrogens is 317 g/mol. The van der Waals surface area contributed by atoms with Gasteiger partial charge in [0.15, 0.2) is 0 Å². The Morgan fingerprint density at radius 3 is 2.43 bits per heavy atom. The molecule has 1 aliphatic heterocycles. The van der Waals surface area contributed by atoms with Gasteiger partial charge in [-0.3, -0.25) is 9.59 Å². The third-order valence-corrected chi connectivity index (χ3v) is 4.02. The zero-order valence-electron chi connectivity index (χ0n) is 13.3. The number of amides is 2. The molecule has 0 saturated carbocycles. The molecule has 0 radical (unpaired) electrons. The number of methoxy groups -OCH3 is 1. The van der Waals surface area contributed by atoms with Crippen molar-refractivity contribution < 1.29 is 32.3 Å². The SMILES string of the molecule is CC[C@H](C)[C@H](NC(=O)[C@@H]1CCCN1C(=O)C(F)(F)F)C(=O)OC. The molecule has 2 amide bonds. The zero-order chi connectivity index (χ0) is 17.8. The normalized spacial score (nSPS) is 20.8. The molecule has 1 heterocycles. The molecule has 0 bridgehead atoms. The number of halogens is 3. The van der Waals surface area contributed by atoms with Crippen molar-refractivity contribution in [2.75, 3.05) is 13.7 Å². The van der Waals surface area contributed by atoms with Gasteiger partial charge in [-0.2, -0.15) is 13.2 Å². The van der Waals surface area contributed by atoms with Crippen LogP contribution in [-0.2, 0) is 19.1 Å². The zero-order valence-corrected chi connectivity index (χ0v) is 13.3. The van der Waals surface area contributed by atoms with Gasteiger partial charge >= 0.3 is 18.1 Å². The van der Waals surface area contributed by atoms with Crippen LogP contribution >= 0.6 is 0 Å². The number of carbonyl (C=O) groups excluding carboxylic acids is 3. The predicted octanol–water partition coefficient (Wildman–Crippen LogP) is 1.24. The highest BCUT2D eigenvalue weighted by molar-refractivity contribution is 5.92. The number of hydrogen-bond acceptors (Lipinski definition) is 4. The van der Waals surface area contributed by atoms with Crippen LogP contribution in [0.2, 0.25) is 0 Å². The predicted molar refractivity (Wildman–Crippen MR) is 74.2 cm³/mol. The molecule has 1 rings (SSSR count). The van der Waals surface area contributed by atoms with Crippen LogP contribution in [0.5, 0.6) is 0 Å². The lowest BCUT2D eigenvalue weighted by molar-refractivity contribution is -0.186. The van der Waals surface area contributed by atoms with E-state index in [1.165, 1.54) is 7.11 Å². The average molecular weight is 338 g/mol. The highest BCUT2D eigenvalue weighted by atomic mass is 19.4. The summed E-state index contributed by atoms with van der Waals surface area (Å²) in [6.07, 6.45) is -4.04. The van der Waals surface area contributed by atoms with Crippen LogP contribution in [0.4, 0.5) is 13.2 Å². The van der Waals surface area contributed by atoms with Crippen LogP contribution in [0.15, 0.2) is 0 Å². The number of rotatable bonds is 5. The summed E-state index contributed by atoms with van der Waals surface area (Å²) < 4.78 is 42.3. The summed E-state index contributed by atoms with van der Waals surface area (Å²) in [5.74, 6) is -3.72. The van der Waals surface area contributed by atoms with E-state index in [2.05, 4.69) is 10.1 Å². The van der Waals surface area contributed by atoms with Crippen molar-refractivity contribution in [2.24, 2.45) is 5.92 Å². The van der Waals surface area contributed by atoms with Gasteiger partial charge in [0.05, 0.1) is 7.11 Å². The first-order valence-electron chi connectivity index (χ1n) is 7.39. The first-order chi connectivity index (χ1) is 10.6. The molecule has 0 aliphatic carbocycles. The first-order valence-corrected chi connectivity index (χ1v) is 7.39. The standard InChI is InChI=1S/C14H21F3N2O4/c1-4-8(2)10(12(21)23-3)18-11(20)9-6-5-7-19(9)13(22)14(15,16)17/h8-10H,4-7H2,1-3H3,(H,18,20)/t8-,9-,10-/m0/s1. The summed E-state index contributed by atoms with van der Waals surface area (Å²) >= 11 is 0. The Morgan fingerprint density at radius 2 is 1.96 bits per heavy atom. The maximum atomic E-state index is 12.6. The van der Waals surface area contributed by atoms with E-state index in [1.54, 1.807) is 6.92 Å². The maximum Gasteiger partial charge on any atom is 0.471 e. The lowest BCUT2D eigenvalue weighted by Gasteiger charge is -2.28. The molecule has 23 heavy (non-hydrogen) atoms. The third kappa shape index (κ3) is 4.59. The van der Waals surface area contributed by atoms with Crippen LogP contribution in [0, 0.1) is 5.92 Å². The van der Waals surface area contributed by atoms with Crippen LogP contribution in [0.25, 0.3) is 0 Å². The molecule has 0 spiro atoms. The number of carbonyl (C=O) groups is 3. The molecule has 3 atom stereocenters. The minimum absolute atomic E-state index is 0.127. The number of likely N-dealkylation sites (tertiary alicyclic amines) is 1. The fourth-order valence-electron chi connectivity index (χ4n) is 2.49. The van der Waals surface area contributed by atoms with Gasteiger partial charge < -0.3 is 15.0 Å². The van der Waals surface area contributed by atoms with Gasteiger partial charge in [-0.15, -0.1) is 0 Å². The highest BCUT2D eigenvalue weighted by Gasteiger charge is 2.48. The Labute approximate surface area is 132 Å². The van der Waals surface area contributed by atoms with E-state index in [0.717, 1.165) is 0 Å². The topological polar surface area (TPSA) is 75.7 Å². The van der Waals surface area contributed by atoms with Gasteiger partial charge in [-0.1, -0.05) is 20.3 Å². The van der Waals surface area contributed by atoms with Crippen molar-refractivity contribution in [3.05, 3.63) is 0 Å². The van der Waals surface area contributed by atoms with Crippen LogP contribution in [0.1, 0.15) is 33.1 Å². The largest absolute Gasteiger partial charge is 0.471 e. The molecule has 0 aromatic carbocycles. The number of hydrogen-bond donors (Lipinski definition) is 1. The molecule has 0 aromatic rings. The second-order valence-corrected chi connectivity index (χ2v) is 5.55. The van der Waals surface area contributed by atoms with Crippen molar-refractivity contribution in [1.82, 2.24) is 10.2 Å².